The first kappa shape index (κ1) is 12.4. The lowest BCUT2D eigenvalue weighted by Crippen LogP contribution is -1.91. The van der Waals surface area contributed by atoms with E-state index in [9.17, 15) is 14.9 Å². The van der Waals surface area contributed by atoms with Crippen LogP contribution in [-0.2, 0) is 0 Å². The van der Waals surface area contributed by atoms with E-state index in [1.165, 1.54) is 30.4 Å². The van der Waals surface area contributed by atoms with Crippen LogP contribution in [0.5, 0.6) is 0 Å². The number of carbonyl (C=O) groups is 1. The molecule has 0 fully saturated rings. The molecule has 18 heavy (non-hydrogen) atoms. The Kier molecular flexibility index (Phi) is 3.20. The molecule has 0 radical (unpaired) electrons. The van der Waals surface area contributed by atoms with E-state index in [-0.39, 0.29) is 11.5 Å². The van der Waals surface area contributed by atoms with Gasteiger partial charge in [0.15, 0.2) is 10.8 Å². The van der Waals surface area contributed by atoms with Crippen molar-refractivity contribution in [1.82, 2.24) is 4.98 Å². The lowest BCUT2D eigenvalue weighted by molar-refractivity contribution is -0.384. The van der Waals surface area contributed by atoms with Crippen molar-refractivity contribution in [3.05, 3.63) is 44.3 Å². The molecule has 0 unspecified atom stereocenters. The van der Waals surface area contributed by atoms with Crippen molar-refractivity contribution in [3.63, 3.8) is 0 Å². The van der Waals surface area contributed by atoms with Crippen LogP contribution >= 0.6 is 11.3 Å². The normalized spacial score (nSPS) is 10.3. The van der Waals surface area contributed by atoms with E-state index < -0.39 is 4.92 Å². The molecule has 6 heteroatoms. The zero-order chi connectivity index (χ0) is 13.3. The van der Waals surface area contributed by atoms with Gasteiger partial charge < -0.3 is 0 Å². The van der Waals surface area contributed by atoms with Gasteiger partial charge in [0.2, 0.25) is 0 Å². The van der Waals surface area contributed by atoms with Gasteiger partial charge in [-0.25, -0.2) is 4.98 Å². The molecule has 0 aliphatic heterocycles. The van der Waals surface area contributed by atoms with Crippen LogP contribution in [0, 0.1) is 17.0 Å². The summed E-state index contributed by atoms with van der Waals surface area (Å²) < 4.78 is 0. The van der Waals surface area contributed by atoms with Crippen molar-refractivity contribution in [1.29, 1.82) is 0 Å². The molecular weight excluding hydrogens is 252 g/mol. The van der Waals surface area contributed by atoms with Crippen LogP contribution < -0.4 is 0 Å². The molecule has 1 heterocycles. The number of non-ortho nitro benzene ring substituents is 1. The fraction of sp³-hybridized carbons (Fsp3) is 0.167. The Morgan fingerprint density at radius 2 is 2.17 bits per heavy atom. The second kappa shape index (κ2) is 4.66. The number of ketones is 1. The van der Waals surface area contributed by atoms with Crippen LogP contribution in [0.15, 0.2) is 24.3 Å². The molecule has 1 aromatic heterocycles. The number of hydrogen-bond acceptors (Lipinski definition) is 5. The summed E-state index contributed by atoms with van der Waals surface area (Å²) in [6.45, 7) is 3.30. The van der Waals surface area contributed by atoms with E-state index in [0.29, 0.717) is 16.3 Å². The van der Waals surface area contributed by atoms with Crippen LogP contribution in [0.25, 0.3) is 11.3 Å². The van der Waals surface area contributed by atoms with Gasteiger partial charge in [-0.3, -0.25) is 14.9 Å². The maximum absolute atomic E-state index is 11.3. The van der Waals surface area contributed by atoms with Crippen molar-refractivity contribution in [2.75, 3.05) is 0 Å². The van der Waals surface area contributed by atoms with E-state index in [0.717, 1.165) is 4.88 Å². The highest BCUT2D eigenvalue weighted by Crippen LogP contribution is 2.29. The molecule has 1 aromatic carbocycles. The smallest absolute Gasteiger partial charge is 0.270 e. The highest BCUT2D eigenvalue weighted by Gasteiger charge is 2.14. The maximum Gasteiger partial charge on any atom is 0.270 e. The first-order chi connectivity index (χ1) is 8.49. The Labute approximate surface area is 107 Å². The number of nitro groups is 1. The first-order valence-corrected chi connectivity index (χ1v) is 6.04. The number of hydrogen-bond donors (Lipinski definition) is 0. The Balaban J connectivity index is 2.51. The van der Waals surface area contributed by atoms with E-state index in [2.05, 4.69) is 4.98 Å². The van der Waals surface area contributed by atoms with Crippen molar-refractivity contribution >= 4 is 22.8 Å². The highest BCUT2D eigenvalue weighted by atomic mass is 32.1. The zero-order valence-corrected chi connectivity index (χ0v) is 10.7. The molecule has 0 spiro atoms. The minimum absolute atomic E-state index is 0.0178. The molecule has 0 bridgehead atoms. The number of thiazole rings is 1. The number of aromatic nitrogens is 1. The number of carbonyl (C=O) groups excluding carboxylic acids is 1. The predicted octanol–water partition coefficient (Wildman–Crippen LogP) is 3.23. The Morgan fingerprint density at radius 1 is 1.44 bits per heavy atom. The molecule has 0 N–H and O–H groups in total. The summed E-state index contributed by atoms with van der Waals surface area (Å²) in [6, 6.07) is 6.25. The maximum atomic E-state index is 11.3. The van der Waals surface area contributed by atoms with Gasteiger partial charge in [-0.15, -0.1) is 11.3 Å². The lowest BCUT2D eigenvalue weighted by atomic mass is 10.1. The number of aryl methyl sites for hydroxylation is 1. The summed E-state index contributed by atoms with van der Waals surface area (Å²) in [5, 5.41) is 11.1. The van der Waals surface area contributed by atoms with Gasteiger partial charge in [-0.2, -0.15) is 0 Å². The van der Waals surface area contributed by atoms with Crippen molar-refractivity contribution < 1.29 is 9.72 Å². The van der Waals surface area contributed by atoms with Gasteiger partial charge in [-0.05, 0) is 6.92 Å². The van der Waals surface area contributed by atoms with E-state index in [1.807, 2.05) is 6.92 Å². The Bertz CT molecular complexity index is 634. The van der Waals surface area contributed by atoms with Gasteiger partial charge in [0.1, 0.15) is 0 Å². The Hall–Kier alpha value is -2.08. The van der Waals surface area contributed by atoms with E-state index in [4.69, 9.17) is 0 Å². The fourth-order valence-electron chi connectivity index (χ4n) is 1.58. The lowest BCUT2D eigenvalue weighted by Gasteiger charge is -1.98. The third-order valence-corrected chi connectivity index (χ3v) is 3.50. The molecule has 0 atom stereocenters. The topological polar surface area (TPSA) is 73.1 Å². The molecule has 0 aliphatic rings. The summed E-state index contributed by atoms with van der Waals surface area (Å²) in [5.41, 5.74) is 1.31. The highest BCUT2D eigenvalue weighted by molar-refractivity contribution is 7.14. The summed E-state index contributed by atoms with van der Waals surface area (Å²) in [4.78, 5) is 26.6. The third-order valence-electron chi connectivity index (χ3n) is 2.43. The number of nitrogens with zero attached hydrogens (tertiary/aromatic N) is 2. The number of benzene rings is 1. The number of nitro benzene ring substituents is 1. The first-order valence-electron chi connectivity index (χ1n) is 5.22. The molecule has 0 saturated heterocycles. The molecule has 0 amide bonds. The summed E-state index contributed by atoms with van der Waals surface area (Å²) in [6.07, 6.45) is 0. The van der Waals surface area contributed by atoms with Crippen LogP contribution in [0.3, 0.4) is 0 Å². The van der Waals surface area contributed by atoms with Crippen LogP contribution in [0.1, 0.15) is 21.6 Å². The SMILES string of the molecule is CC(=O)c1nc(-c2cccc([N+](=O)[O-])c2)c(C)s1. The van der Waals surface area contributed by atoms with Crippen molar-refractivity contribution in [2.45, 2.75) is 13.8 Å². The van der Waals surface area contributed by atoms with Crippen molar-refractivity contribution in [3.8, 4) is 11.3 Å². The summed E-state index contributed by atoms with van der Waals surface area (Å²) in [7, 11) is 0. The molecule has 0 saturated carbocycles. The predicted molar refractivity (Wildman–Crippen MR) is 68.9 cm³/mol. The standard InChI is InChI=1S/C12H10N2O3S/c1-7(15)12-13-11(8(2)18-12)9-4-3-5-10(6-9)14(16)17/h3-6H,1-2H3. The van der Waals surface area contributed by atoms with Crippen LogP contribution in [-0.4, -0.2) is 15.7 Å². The average molecular weight is 262 g/mol. The number of rotatable bonds is 3. The molecule has 2 rings (SSSR count). The summed E-state index contributed by atoms with van der Waals surface area (Å²) >= 11 is 1.30. The molecule has 92 valence electrons. The quantitative estimate of drug-likeness (QED) is 0.483. The van der Waals surface area contributed by atoms with Crippen molar-refractivity contribution in [2.24, 2.45) is 0 Å². The van der Waals surface area contributed by atoms with E-state index in [1.54, 1.807) is 12.1 Å². The molecular formula is C12H10N2O3S. The second-order valence-corrected chi connectivity index (χ2v) is 4.99. The van der Waals surface area contributed by atoms with E-state index >= 15 is 0 Å². The third kappa shape index (κ3) is 2.28. The zero-order valence-electron chi connectivity index (χ0n) is 9.84. The molecule has 5 nitrogen and oxygen atoms in total. The molecule has 2 aromatic rings. The Morgan fingerprint density at radius 3 is 2.72 bits per heavy atom. The van der Waals surface area contributed by atoms with Gasteiger partial charge >= 0.3 is 0 Å². The van der Waals surface area contributed by atoms with Gasteiger partial charge in [0.25, 0.3) is 5.69 Å². The average Bonchev–Trinajstić information content (AvgIpc) is 2.72. The largest absolute Gasteiger partial charge is 0.292 e. The van der Waals surface area contributed by atoms with Crippen LogP contribution in [0.2, 0.25) is 0 Å². The summed E-state index contributed by atoms with van der Waals surface area (Å²) in [5.74, 6) is -0.0974. The number of Topliss-reactive ketones (excluding diaryl/α,β-unsaturated/α-hetero) is 1. The minimum atomic E-state index is -0.447. The second-order valence-electron chi connectivity index (χ2n) is 3.79. The minimum Gasteiger partial charge on any atom is -0.292 e. The van der Waals surface area contributed by atoms with Crippen LogP contribution in [0.4, 0.5) is 5.69 Å². The molecule has 0 aliphatic carbocycles. The van der Waals surface area contributed by atoms with Gasteiger partial charge in [-0.1, -0.05) is 12.1 Å². The monoisotopic (exact) mass is 262 g/mol. The van der Waals surface area contributed by atoms with Gasteiger partial charge in [0.05, 0.1) is 10.6 Å². The van der Waals surface area contributed by atoms with Gasteiger partial charge in [0, 0.05) is 29.5 Å². The fourth-order valence-corrected chi connectivity index (χ4v) is 2.41.